The van der Waals surface area contributed by atoms with Gasteiger partial charge in [-0.1, -0.05) is 19.8 Å². The summed E-state index contributed by atoms with van der Waals surface area (Å²) in [6.07, 6.45) is 5.51. The Hall–Kier alpha value is 0.210. The average molecular weight is 234 g/mol. The molecule has 0 aromatic rings. The van der Waals surface area contributed by atoms with Crippen LogP contribution in [0, 0.1) is 5.92 Å². The monoisotopic (exact) mass is 233 g/mol. The first kappa shape index (κ1) is 13.3. The summed E-state index contributed by atoms with van der Waals surface area (Å²) in [5.74, 6) is 1.59. The van der Waals surface area contributed by atoms with E-state index in [1.165, 1.54) is 38.8 Å². The molecule has 0 radical (unpaired) electrons. The first-order valence-corrected chi connectivity index (χ1v) is 6.76. The van der Waals surface area contributed by atoms with Gasteiger partial charge in [-0.05, 0) is 31.8 Å². The van der Waals surface area contributed by atoms with E-state index in [4.69, 9.17) is 16.3 Å². The molecule has 0 N–H and O–H groups in total. The number of hydrogen-bond donors (Lipinski definition) is 0. The Morgan fingerprint density at radius 3 is 2.60 bits per heavy atom. The van der Waals surface area contributed by atoms with Crippen molar-refractivity contribution < 1.29 is 4.74 Å². The van der Waals surface area contributed by atoms with Crippen LogP contribution in [-0.4, -0.2) is 43.6 Å². The highest BCUT2D eigenvalue weighted by Gasteiger charge is 2.17. The van der Waals surface area contributed by atoms with E-state index in [0.29, 0.717) is 12.5 Å². The van der Waals surface area contributed by atoms with Gasteiger partial charge in [0, 0.05) is 12.4 Å². The average Bonchev–Trinajstić information content (AvgIpc) is 2.27. The van der Waals surface area contributed by atoms with Gasteiger partial charge in [0.2, 0.25) is 0 Å². The van der Waals surface area contributed by atoms with E-state index < -0.39 is 0 Å². The lowest BCUT2D eigenvalue weighted by molar-refractivity contribution is 0.0955. The van der Waals surface area contributed by atoms with Crippen LogP contribution in [0.25, 0.3) is 0 Å². The maximum absolute atomic E-state index is 5.54. The summed E-state index contributed by atoms with van der Waals surface area (Å²) in [5, 5.41) is 0. The fourth-order valence-electron chi connectivity index (χ4n) is 2.26. The molecule has 1 saturated heterocycles. The molecule has 0 amide bonds. The standard InChI is InChI=1S/C12H24ClNO/c1-2-3-12-4-7-14(8-5-12)9-11-15-10-6-13/h12H,2-11H2,1H3. The van der Waals surface area contributed by atoms with Gasteiger partial charge in [0.25, 0.3) is 0 Å². The molecule has 0 atom stereocenters. The molecule has 0 aromatic heterocycles. The normalized spacial score (nSPS) is 19.6. The second-order valence-corrected chi connectivity index (χ2v) is 4.75. The topological polar surface area (TPSA) is 12.5 Å². The molecule has 1 heterocycles. The maximum Gasteiger partial charge on any atom is 0.0602 e. The van der Waals surface area contributed by atoms with Crippen LogP contribution in [0.3, 0.4) is 0 Å². The Morgan fingerprint density at radius 2 is 2.00 bits per heavy atom. The molecule has 0 saturated carbocycles. The SMILES string of the molecule is CCCC1CCN(CCOCCCl)CC1. The number of hydrogen-bond acceptors (Lipinski definition) is 2. The predicted octanol–water partition coefficient (Wildman–Crippen LogP) is 2.75. The number of piperidine rings is 1. The minimum atomic E-state index is 0.610. The molecule has 1 rings (SSSR count). The Balaban J connectivity index is 1.99. The molecule has 1 fully saturated rings. The zero-order chi connectivity index (χ0) is 10.9. The molecule has 0 aliphatic carbocycles. The van der Waals surface area contributed by atoms with Crippen LogP contribution in [-0.2, 0) is 4.74 Å². The van der Waals surface area contributed by atoms with Crippen molar-refractivity contribution in [2.45, 2.75) is 32.6 Å². The van der Waals surface area contributed by atoms with Crippen LogP contribution >= 0.6 is 11.6 Å². The van der Waals surface area contributed by atoms with Gasteiger partial charge in [-0.25, -0.2) is 0 Å². The highest BCUT2D eigenvalue weighted by Crippen LogP contribution is 2.21. The molecule has 1 aliphatic rings. The van der Waals surface area contributed by atoms with Crippen LogP contribution in [0.4, 0.5) is 0 Å². The van der Waals surface area contributed by atoms with Crippen molar-refractivity contribution >= 4 is 11.6 Å². The first-order valence-electron chi connectivity index (χ1n) is 6.23. The lowest BCUT2D eigenvalue weighted by atomic mass is 9.92. The molecule has 3 heteroatoms. The second-order valence-electron chi connectivity index (χ2n) is 4.38. The summed E-state index contributed by atoms with van der Waals surface area (Å²) in [6.45, 7) is 7.41. The minimum absolute atomic E-state index is 0.610. The van der Waals surface area contributed by atoms with E-state index in [9.17, 15) is 0 Å². The zero-order valence-electron chi connectivity index (χ0n) is 9.88. The Kier molecular flexibility index (Phi) is 7.41. The quantitative estimate of drug-likeness (QED) is 0.495. The van der Waals surface area contributed by atoms with E-state index in [1.54, 1.807) is 0 Å². The number of halogens is 1. The third kappa shape index (κ3) is 5.74. The number of rotatable bonds is 7. The third-order valence-electron chi connectivity index (χ3n) is 3.18. The lowest BCUT2D eigenvalue weighted by Crippen LogP contribution is -2.36. The van der Waals surface area contributed by atoms with Crippen molar-refractivity contribution in [3.63, 3.8) is 0 Å². The fourth-order valence-corrected chi connectivity index (χ4v) is 2.37. The van der Waals surface area contributed by atoms with E-state index in [1.807, 2.05) is 0 Å². The highest BCUT2D eigenvalue weighted by molar-refractivity contribution is 6.17. The highest BCUT2D eigenvalue weighted by atomic mass is 35.5. The van der Waals surface area contributed by atoms with E-state index in [0.717, 1.165) is 19.1 Å². The summed E-state index contributed by atoms with van der Waals surface area (Å²) in [5.41, 5.74) is 0. The van der Waals surface area contributed by atoms with Gasteiger partial charge in [0.1, 0.15) is 0 Å². The molecule has 0 spiro atoms. The second kappa shape index (κ2) is 8.37. The van der Waals surface area contributed by atoms with Crippen LogP contribution < -0.4 is 0 Å². The smallest absolute Gasteiger partial charge is 0.0602 e. The third-order valence-corrected chi connectivity index (χ3v) is 3.33. The van der Waals surface area contributed by atoms with Crippen LogP contribution in [0.1, 0.15) is 32.6 Å². The molecule has 0 aromatic carbocycles. The number of likely N-dealkylation sites (tertiary alicyclic amines) is 1. The lowest BCUT2D eigenvalue weighted by Gasteiger charge is -2.31. The molecule has 15 heavy (non-hydrogen) atoms. The van der Waals surface area contributed by atoms with Crippen LogP contribution in [0.15, 0.2) is 0 Å². The van der Waals surface area contributed by atoms with E-state index in [-0.39, 0.29) is 0 Å². The summed E-state index contributed by atoms with van der Waals surface area (Å²) in [6, 6.07) is 0. The Labute approximate surface area is 98.9 Å². The minimum Gasteiger partial charge on any atom is -0.379 e. The molecule has 0 bridgehead atoms. The molecular weight excluding hydrogens is 210 g/mol. The van der Waals surface area contributed by atoms with Crippen molar-refractivity contribution in [1.29, 1.82) is 0 Å². The Bertz CT molecular complexity index is 144. The van der Waals surface area contributed by atoms with Crippen molar-refractivity contribution in [3.05, 3.63) is 0 Å². The maximum atomic E-state index is 5.54. The summed E-state index contributed by atoms with van der Waals surface area (Å²) >= 11 is 5.54. The summed E-state index contributed by atoms with van der Waals surface area (Å²) in [4.78, 5) is 2.51. The van der Waals surface area contributed by atoms with Gasteiger partial charge >= 0.3 is 0 Å². The van der Waals surface area contributed by atoms with Gasteiger partial charge < -0.3 is 9.64 Å². The van der Waals surface area contributed by atoms with Gasteiger partial charge in [-0.3, -0.25) is 0 Å². The van der Waals surface area contributed by atoms with E-state index >= 15 is 0 Å². The molecule has 1 aliphatic heterocycles. The van der Waals surface area contributed by atoms with Crippen LogP contribution in [0.5, 0.6) is 0 Å². The summed E-state index contributed by atoms with van der Waals surface area (Å²) in [7, 11) is 0. The summed E-state index contributed by atoms with van der Waals surface area (Å²) < 4.78 is 5.39. The first-order chi connectivity index (χ1) is 7.36. The van der Waals surface area contributed by atoms with Gasteiger partial charge in [-0.15, -0.1) is 11.6 Å². The van der Waals surface area contributed by atoms with Crippen molar-refractivity contribution in [3.8, 4) is 0 Å². The fraction of sp³-hybridized carbons (Fsp3) is 1.00. The largest absolute Gasteiger partial charge is 0.379 e. The number of alkyl halides is 1. The predicted molar refractivity (Wildman–Crippen MR) is 65.6 cm³/mol. The number of ether oxygens (including phenoxy) is 1. The van der Waals surface area contributed by atoms with Gasteiger partial charge in [0.05, 0.1) is 13.2 Å². The molecular formula is C12H24ClNO. The zero-order valence-corrected chi connectivity index (χ0v) is 10.6. The van der Waals surface area contributed by atoms with Crippen molar-refractivity contribution in [2.75, 3.05) is 38.7 Å². The van der Waals surface area contributed by atoms with E-state index in [2.05, 4.69) is 11.8 Å². The van der Waals surface area contributed by atoms with Crippen molar-refractivity contribution in [2.24, 2.45) is 5.92 Å². The van der Waals surface area contributed by atoms with Gasteiger partial charge in [-0.2, -0.15) is 0 Å². The molecule has 90 valence electrons. The van der Waals surface area contributed by atoms with Crippen LogP contribution in [0.2, 0.25) is 0 Å². The van der Waals surface area contributed by atoms with Crippen molar-refractivity contribution in [1.82, 2.24) is 4.90 Å². The Morgan fingerprint density at radius 1 is 1.27 bits per heavy atom. The van der Waals surface area contributed by atoms with Gasteiger partial charge in [0.15, 0.2) is 0 Å². The molecule has 0 unspecified atom stereocenters. The number of nitrogens with zero attached hydrogens (tertiary/aromatic N) is 1. The molecule has 2 nitrogen and oxygen atoms in total.